The molecular weight excluding hydrogens is 278 g/mol. The Labute approximate surface area is 120 Å². The smallest absolute Gasteiger partial charge is 0.242 e. The maximum atomic E-state index is 12.1. The van der Waals surface area contributed by atoms with E-state index < -0.39 is 15.6 Å². The van der Waals surface area contributed by atoms with E-state index in [0.717, 1.165) is 0 Å². The monoisotopic (exact) mass is 301 g/mol. The highest BCUT2D eigenvalue weighted by Gasteiger charge is 2.27. The molecule has 0 heterocycles. The van der Waals surface area contributed by atoms with Crippen molar-refractivity contribution in [3.05, 3.63) is 18.2 Å². The molecule has 0 fully saturated rings. The molecule has 0 aliphatic carbocycles. The van der Waals surface area contributed by atoms with Gasteiger partial charge in [0.25, 0.3) is 0 Å². The van der Waals surface area contributed by atoms with E-state index in [1.54, 1.807) is 12.1 Å². The van der Waals surface area contributed by atoms with Crippen molar-refractivity contribution in [3.8, 4) is 0 Å². The molecule has 20 heavy (non-hydrogen) atoms. The summed E-state index contributed by atoms with van der Waals surface area (Å²) in [6.45, 7) is 3.80. The number of sulfonamides is 1. The van der Waals surface area contributed by atoms with Gasteiger partial charge in [0.05, 0.1) is 17.8 Å². The zero-order valence-corrected chi connectivity index (χ0v) is 12.9. The summed E-state index contributed by atoms with van der Waals surface area (Å²) in [5, 5.41) is 12.7. The average Bonchev–Trinajstić information content (AvgIpc) is 2.46. The third-order valence-electron chi connectivity index (χ3n) is 3.62. The van der Waals surface area contributed by atoms with Crippen LogP contribution < -0.4 is 15.8 Å². The molecule has 0 aliphatic rings. The molecule has 1 rings (SSSR count). The summed E-state index contributed by atoms with van der Waals surface area (Å²) in [5.41, 5.74) is 5.93. The summed E-state index contributed by atoms with van der Waals surface area (Å²) < 4.78 is 26.4. The maximum absolute atomic E-state index is 12.1. The minimum absolute atomic E-state index is 0.0799. The number of anilines is 2. The van der Waals surface area contributed by atoms with Crippen LogP contribution in [0.1, 0.15) is 26.7 Å². The predicted octanol–water partition coefficient (Wildman–Crippen LogP) is 1.14. The summed E-state index contributed by atoms with van der Waals surface area (Å²) in [5.74, 6) is 0. The fraction of sp³-hybridized carbons (Fsp3) is 0.538. The second kappa shape index (κ2) is 6.43. The van der Waals surface area contributed by atoms with Gasteiger partial charge < -0.3 is 16.2 Å². The number of benzene rings is 1. The van der Waals surface area contributed by atoms with E-state index in [-0.39, 0.29) is 11.5 Å². The van der Waals surface area contributed by atoms with Gasteiger partial charge in [-0.25, -0.2) is 13.1 Å². The molecule has 0 saturated carbocycles. The highest BCUT2D eigenvalue weighted by molar-refractivity contribution is 7.89. The van der Waals surface area contributed by atoms with Crippen LogP contribution in [-0.4, -0.2) is 32.7 Å². The number of aliphatic hydroxyl groups excluding tert-OH is 1. The number of nitrogen functional groups attached to an aromatic ring is 1. The van der Waals surface area contributed by atoms with Crippen molar-refractivity contribution in [3.63, 3.8) is 0 Å². The van der Waals surface area contributed by atoms with Gasteiger partial charge in [-0.3, -0.25) is 0 Å². The Morgan fingerprint density at radius 1 is 1.30 bits per heavy atom. The first kappa shape index (κ1) is 16.7. The highest BCUT2D eigenvalue weighted by atomic mass is 32.2. The van der Waals surface area contributed by atoms with Crippen molar-refractivity contribution in [2.45, 2.75) is 37.1 Å². The summed E-state index contributed by atoms with van der Waals surface area (Å²) in [4.78, 5) is 0.0831. The zero-order chi connectivity index (χ0) is 15.4. The van der Waals surface area contributed by atoms with Crippen molar-refractivity contribution in [2.24, 2.45) is 0 Å². The molecule has 0 atom stereocenters. The molecule has 0 unspecified atom stereocenters. The Morgan fingerprint density at radius 2 is 1.90 bits per heavy atom. The number of rotatable bonds is 7. The van der Waals surface area contributed by atoms with Crippen LogP contribution in [0.5, 0.6) is 0 Å². The SMILES string of the molecule is CCC(CC)(CO)Nc1ccc(N)cc1S(=O)(=O)NC. The summed E-state index contributed by atoms with van der Waals surface area (Å²) in [6.07, 6.45) is 1.34. The maximum Gasteiger partial charge on any atom is 0.242 e. The number of hydrogen-bond donors (Lipinski definition) is 4. The zero-order valence-electron chi connectivity index (χ0n) is 12.1. The Hall–Kier alpha value is -1.31. The van der Waals surface area contributed by atoms with Gasteiger partial charge in [-0.2, -0.15) is 0 Å². The molecule has 114 valence electrons. The molecular formula is C13H23N3O3S. The van der Waals surface area contributed by atoms with E-state index in [2.05, 4.69) is 10.0 Å². The highest BCUT2D eigenvalue weighted by Crippen LogP contribution is 2.29. The second-order valence-electron chi connectivity index (χ2n) is 4.73. The van der Waals surface area contributed by atoms with Crippen LogP contribution in [0.25, 0.3) is 0 Å². The fourth-order valence-electron chi connectivity index (χ4n) is 1.95. The van der Waals surface area contributed by atoms with E-state index in [1.807, 2.05) is 13.8 Å². The second-order valence-corrected chi connectivity index (χ2v) is 6.59. The van der Waals surface area contributed by atoms with Gasteiger partial charge in [0, 0.05) is 5.69 Å². The van der Waals surface area contributed by atoms with E-state index in [4.69, 9.17) is 5.73 Å². The number of nitrogens with two attached hydrogens (primary N) is 1. The number of hydrogen-bond acceptors (Lipinski definition) is 5. The largest absolute Gasteiger partial charge is 0.399 e. The average molecular weight is 301 g/mol. The molecule has 1 aromatic rings. The lowest BCUT2D eigenvalue weighted by atomic mass is 9.93. The molecule has 0 bridgehead atoms. The molecule has 0 aromatic heterocycles. The van der Waals surface area contributed by atoms with Crippen molar-refractivity contribution >= 4 is 21.4 Å². The van der Waals surface area contributed by atoms with Crippen LogP contribution in [0.15, 0.2) is 23.1 Å². The van der Waals surface area contributed by atoms with Crippen LogP contribution in [0.3, 0.4) is 0 Å². The molecule has 7 heteroatoms. The van der Waals surface area contributed by atoms with Gasteiger partial charge in [0.15, 0.2) is 0 Å². The molecule has 6 nitrogen and oxygen atoms in total. The topological polar surface area (TPSA) is 104 Å². The molecule has 5 N–H and O–H groups in total. The van der Waals surface area contributed by atoms with Crippen molar-refractivity contribution in [2.75, 3.05) is 24.7 Å². The van der Waals surface area contributed by atoms with Crippen molar-refractivity contribution < 1.29 is 13.5 Å². The van der Waals surface area contributed by atoms with Gasteiger partial charge in [0.2, 0.25) is 10.0 Å². The molecule has 0 spiro atoms. The first-order valence-corrected chi connectivity index (χ1v) is 8.04. The van der Waals surface area contributed by atoms with Crippen LogP contribution in [-0.2, 0) is 10.0 Å². The lowest BCUT2D eigenvalue weighted by molar-refractivity contribution is 0.202. The third-order valence-corrected chi connectivity index (χ3v) is 5.07. The van der Waals surface area contributed by atoms with Gasteiger partial charge >= 0.3 is 0 Å². The van der Waals surface area contributed by atoms with Crippen molar-refractivity contribution in [1.82, 2.24) is 4.72 Å². The first-order chi connectivity index (χ1) is 9.34. The summed E-state index contributed by atoms with van der Waals surface area (Å²) in [7, 11) is -2.27. The minimum atomic E-state index is -3.62. The first-order valence-electron chi connectivity index (χ1n) is 6.56. The summed E-state index contributed by atoms with van der Waals surface area (Å²) >= 11 is 0. The molecule has 0 saturated heterocycles. The Morgan fingerprint density at radius 3 is 2.35 bits per heavy atom. The Kier molecular flexibility index (Phi) is 5.38. The van der Waals surface area contributed by atoms with E-state index in [1.165, 1.54) is 13.1 Å². The van der Waals surface area contributed by atoms with Crippen LogP contribution in [0.2, 0.25) is 0 Å². The van der Waals surface area contributed by atoms with Crippen molar-refractivity contribution in [1.29, 1.82) is 0 Å². The molecule has 0 aliphatic heterocycles. The lowest BCUT2D eigenvalue weighted by Gasteiger charge is -2.32. The number of nitrogens with one attached hydrogen (secondary N) is 2. The normalized spacial score (nSPS) is 12.4. The van der Waals surface area contributed by atoms with Gasteiger partial charge in [-0.15, -0.1) is 0 Å². The van der Waals surface area contributed by atoms with Gasteiger partial charge in [0.1, 0.15) is 4.90 Å². The van der Waals surface area contributed by atoms with Gasteiger partial charge in [-0.1, -0.05) is 13.8 Å². The summed E-state index contributed by atoms with van der Waals surface area (Å²) in [6, 6.07) is 4.65. The fourth-order valence-corrected chi connectivity index (χ4v) is 2.87. The molecule has 0 radical (unpaired) electrons. The quantitative estimate of drug-likeness (QED) is 0.565. The predicted molar refractivity (Wildman–Crippen MR) is 81.1 cm³/mol. The van der Waals surface area contributed by atoms with E-state index >= 15 is 0 Å². The van der Waals surface area contributed by atoms with E-state index in [0.29, 0.717) is 24.2 Å². The molecule has 1 aromatic carbocycles. The Balaban J connectivity index is 3.32. The van der Waals surface area contributed by atoms with Crippen LogP contribution in [0.4, 0.5) is 11.4 Å². The van der Waals surface area contributed by atoms with Crippen LogP contribution in [0, 0.1) is 0 Å². The third kappa shape index (κ3) is 3.41. The van der Waals surface area contributed by atoms with Crippen LogP contribution >= 0.6 is 0 Å². The van der Waals surface area contributed by atoms with E-state index in [9.17, 15) is 13.5 Å². The number of aliphatic hydroxyl groups is 1. The van der Waals surface area contributed by atoms with Gasteiger partial charge in [-0.05, 0) is 38.1 Å². The standard InChI is InChI=1S/C13H23N3O3S/c1-4-13(5-2,9-17)16-11-7-6-10(14)8-12(11)20(18,19)15-3/h6-8,15-17H,4-5,9,14H2,1-3H3. The Bertz CT molecular complexity index is 546. The lowest BCUT2D eigenvalue weighted by Crippen LogP contribution is -2.41. The minimum Gasteiger partial charge on any atom is -0.399 e. The molecule has 0 amide bonds.